The molecule has 0 atom stereocenters. The molecule has 2 aromatic carbocycles. The Balaban J connectivity index is 1.91. The van der Waals surface area contributed by atoms with Crippen molar-refractivity contribution in [3.63, 3.8) is 0 Å². The molecule has 6 heteroatoms. The highest BCUT2D eigenvalue weighted by Crippen LogP contribution is 2.34. The summed E-state index contributed by atoms with van der Waals surface area (Å²) in [5, 5.41) is 4.21. The Morgan fingerprint density at radius 2 is 1.93 bits per heavy atom. The summed E-state index contributed by atoms with van der Waals surface area (Å²) in [6, 6.07) is 11.9. The van der Waals surface area contributed by atoms with E-state index in [2.05, 4.69) is 33.5 Å². The largest absolute Gasteiger partial charge is 0.493 e. The van der Waals surface area contributed by atoms with Crippen molar-refractivity contribution in [3.8, 4) is 11.5 Å². The number of fused-ring (bicyclic) bond motifs is 1. The van der Waals surface area contributed by atoms with Gasteiger partial charge in [-0.2, -0.15) is 0 Å². The molecule has 0 amide bonds. The van der Waals surface area contributed by atoms with E-state index in [0.29, 0.717) is 29.8 Å². The number of hydrogen-bond acceptors (Lipinski definition) is 5. The predicted molar refractivity (Wildman–Crippen MR) is 111 cm³/mol. The number of alkyl halides is 1. The van der Waals surface area contributed by atoms with Crippen LogP contribution in [0.3, 0.4) is 0 Å². The normalized spacial score (nSPS) is 11.1. The first-order chi connectivity index (χ1) is 13.2. The molecule has 3 aromatic rings. The van der Waals surface area contributed by atoms with E-state index in [0.717, 1.165) is 28.6 Å². The molecule has 0 radical (unpaired) electrons. The van der Waals surface area contributed by atoms with Crippen LogP contribution < -0.4 is 14.8 Å². The molecule has 0 saturated carbocycles. The van der Waals surface area contributed by atoms with Crippen molar-refractivity contribution in [2.45, 2.75) is 13.3 Å². The Morgan fingerprint density at radius 1 is 1.11 bits per heavy atom. The van der Waals surface area contributed by atoms with Crippen molar-refractivity contribution >= 4 is 40.1 Å². The summed E-state index contributed by atoms with van der Waals surface area (Å²) in [5.41, 5.74) is 2.88. The third kappa shape index (κ3) is 4.68. The van der Waals surface area contributed by atoms with Crippen molar-refractivity contribution < 1.29 is 9.47 Å². The second-order valence-electron chi connectivity index (χ2n) is 5.88. The number of nitrogens with one attached hydrogen (secondary N) is 1. The zero-order chi connectivity index (χ0) is 19.1. The summed E-state index contributed by atoms with van der Waals surface area (Å²) in [7, 11) is 1.62. The van der Waals surface area contributed by atoms with Crippen LogP contribution in [-0.4, -0.2) is 29.6 Å². The number of aromatic nitrogens is 2. The molecule has 1 N–H and O–H groups in total. The van der Waals surface area contributed by atoms with Gasteiger partial charge < -0.3 is 14.8 Å². The molecule has 1 aromatic heterocycles. The van der Waals surface area contributed by atoms with Crippen molar-refractivity contribution in [1.29, 1.82) is 0 Å². The fraction of sp³-hybridized carbons (Fsp3) is 0.238. The summed E-state index contributed by atoms with van der Waals surface area (Å²) >= 11 is 5.72. The highest BCUT2D eigenvalue weighted by Gasteiger charge is 2.12. The summed E-state index contributed by atoms with van der Waals surface area (Å²) in [6.07, 6.45) is 6.37. The van der Waals surface area contributed by atoms with Crippen molar-refractivity contribution in [2.24, 2.45) is 0 Å². The number of anilines is 2. The second kappa shape index (κ2) is 9.24. The topological polar surface area (TPSA) is 56.3 Å². The highest BCUT2D eigenvalue weighted by atomic mass is 35.5. The number of rotatable bonds is 8. The van der Waals surface area contributed by atoms with E-state index in [1.54, 1.807) is 7.11 Å². The lowest BCUT2D eigenvalue weighted by Crippen LogP contribution is -2.01. The van der Waals surface area contributed by atoms with Crippen LogP contribution in [0.5, 0.6) is 11.5 Å². The monoisotopic (exact) mass is 383 g/mol. The molecule has 0 bridgehead atoms. The molecule has 0 unspecified atom stereocenters. The maximum atomic E-state index is 5.77. The van der Waals surface area contributed by atoms with Crippen molar-refractivity contribution in [3.05, 3.63) is 54.4 Å². The van der Waals surface area contributed by atoms with Gasteiger partial charge in [-0.15, -0.1) is 11.6 Å². The molecule has 3 rings (SSSR count). The van der Waals surface area contributed by atoms with Gasteiger partial charge in [0.25, 0.3) is 0 Å². The average Bonchev–Trinajstić information content (AvgIpc) is 2.69. The number of ether oxygens (including phenoxy) is 2. The van der Waals surface area contributed by atoms with E-state index in [1.807, 2.05) is 37.3 Å². The lowest BCUT2D eigenvalue weighted by atomic mass is 10.1. The number of hydrogen-bond donors (Lipinski definition) is 1. The van der Waals surface area contributed by atoms with Crippen LogP contribution in [0.15, 0.2) is 48.8 Å². The number of halogens is 1. The molecule has 140 valence electrons. The predicted octanol–water partition coefficient (Wildman–Crippen LogP) is 5.42. The number of allylic oxidation sites excluding steroid dienone is 1. The standard InChI is InChI=1S/C21H22ClN3O2/c1-3-5-15-6-8-16(9-7-15)25-21-17-12-19(26-2)20(27-11-4-10-22)13-18(17)23-14-24-21/h3,5-9,12-14H,4,10-11H2,1-2H3,(H,23,24,25)/b5-3+. The van der Waals surface area contributed by atoms with Crippen LogP contribution in [0, 0.1) is 0 Å². The van der Waals surface area contributed by atoms with Gasteiger partial charge >= 0.3 is 0 Å². The molecule has 27 heavy (non-hydrogen) atoms. The summed E-state index contributed by atoms with van der Waals surface area (Å²) in [6.45, 7) is 2.53. The third-order valence-corrected chi connectivity index (χ3v) is 4.26. The molecule has 0 aliphatic rings. The minimum atomic E-state index is 0.528. The smallest absolute Gasteiger partial charge is 0.163 e. The minimum absolute atomic E-state index is 0.528. The second-order valence-corrected chi connectivity index (χ2v) is 6.26. The van der Waals surface area contributed by atoms with Crippen LogP contribution >= 0.6 is 11.6 Å². The Morgan fingerprint density at radius 3 is 2.63 bits per heavy atom. The number of nitrogens with zero attached hydrogens (tertiary/aromatic N) is 2. The Bertz CT molecular complexity index is 927. The van der Waals surface area contributed by atoms with Crippen LogP contribution in [-0.2, 0) is 0 Å². The third-order valence-electron chi connectivity index (χ3n) is 3.99. The molecule has 0 aliphatic heterocycles. The van der Waals surface area contributed by atoms with Gasteiger partial charge in [-0.3, -0.25) is 0 Å². The van der Waals surface area contributed by atoms with Crippen LogP contribution in [0.25, 0.3) is 17.0 Å². The van der Waals surface area contributed by atoms with Gasteiger partial charge in [0.15, 0.2) is 11.5 Å². The molecular weight excluding hydrogens is 362 g/mol. The van der Waals surface area contributed by atoms with Crippen molar-refractivity contribution in [1.82, 2.24) is 9.97 Å². The van der Waals surface area contributed by atoms with Crippen LogP contribution in [0.4, 0.5) is 11.5 Å². The van der Waals surface area contributed by atoms with Gasteiger partial charge in [-0.1, -0.05) is 24.3 Å². The zero-order valence-electron chi connectivity index (χ0n) is 15.4. The minimum Gasteiger partial charge on any atom is -0.493 e. The van der Waals surface area contributed by atoms with Crippen molar-refractivity contribution in [2.75, 3.05) is 24.9 Å². The first kappa shape index (κ1) is 19.0. The molecule has 0 fully saturated rings. The Hall–Kier alpha value is -2.79. The lowest BCUT2D eigenvalue weighted by molar-refractivity contribution is 0.295. The molecule has 0 aliphatic carbocycles. The highest BCUT2D eigenvalue weighted by molar-refractivity contribution is 6.17. The SMILES string of the molecule is C/C=C/c1ccc(Nc2ncnc3cc(OCCCCl)c(OC)cc23)cc1. The molecule has 0 spiro atoms. The lowest BCUT2D eigenvalue weighted by Gasteiger charge is -2.13. The molecule has 0 saturated heterocycles. The van der Waals surface area contributed by atoms with E-state index in [-0.39, 0.29) is 0 Å². The van der Waals surface area contributed by atoms with E-state index in [1.165, 1.54) is 6.33 Å². The van der Waals surface area contributed by atoms with Gasteiger partial charge in [0.05, 0.1) is 19.2 Å². The summed E-state index contributed by atoms with van der Waals surface area (Å²) in [5.74, 6) is 2.55. The Kier molecular flexibility index (Phi) is 6.49. The van der Waals surface area contributed by atoms with Gasteiger partial charge in [0, 0.05) is 23.0 Å². The van der Waals surface area contributed by atoms with E-state index in [4.69, 9.17) is 21.1 Å². The van der Waals surface area contributed by atoms with E-state index >= 15 is 0 Å². The van der Waals surface area contributed by atoms with Crippen LogP contribution in [0.2, 0.25) is 0 Å². The maximum absolute atomic E-state index is 5.77. The van der Waals surface area contributed by atoms with Gasteiger partial charge in [0.1, 0.15) is 12.1 Å². The fourth-order valence-corrected chi connectivity index (χ4v) is 2.79. The van der Waals surface area contributed by atoms with Gasteiger partial charge in [-0.05, 0) is 37.1 Å². The number of benzene rings is 2. The summed E-state index contributed by atoms with van der Waals surface area (Å²) < 4.78 is 11.3. The first-order valence-corrected chi connectivity index (χ1v) is 9.30. The zero-order valence-corrected chi connectivity index (χ0v) is 16.2. The quantitative estimate of drug-likeness (QED) is 0.415. The van der Waals surface area contributed by atoms with E-state index < -0.39 is 0 Å². The van der Waals surface area contributed by atoms with E-state index in [9.17, 15) is 0 Å². The fourth-order valence-electron chi connectivity index (χ4n) is 2.68. The summed E-state index contributed by atoms with van der Waals surface area (Å²) in [4.78, 5) is 8.76. The molecule has 5 nitrogen and oxygen atoms in total. The molecule has 1 heterocycles. The Labute approximate surface area is 164 Å². The van der Waals surface area contributed by atoms with Gasteiger partial charge in [-0.25, -0.2) is 9.97 Å². The van der Waals surface area contributed by atoms with Crippen LogP contribution in [0.1, 0.15) is 18.9 Å². The number of methoxy groups -OCH3 is 1. The maximum Gasteiger partial charge on any atom is 0.163 e. The average molecular weight is 384 g/mol. The van der Waals surface area contributed by atoms with Gasteiger partial charge in [0.2, 0.25) is 0 Å². The first-order valence-electron chi connectivity index (χ1n) is 8.76. The molecular formula is C21H22ClN3O2.